The van der Waals surface area contributed by atoms with Gasteiger partial charge in [0.1, 0.15) is 0 Å². The predicted molar refractivity (Wildman–Crippen MR) is 45.1 cm³/mol. The van der Waals surface area contributed by atoms with Gasteiger partial charge in [0.15, 0.2) is 0 Å². The summed E-state index contributed by atoms with van der Waals surface area (Å²) >= 11 is 0. The normalized spacial score (nSPS) is 36.2. The molecule has 1 aliphatic rings. The molecule has 66 valence electrons. The summed E-state index contributed by atoms with van der Waals surface area (Å²) in [5, 5.41) is 11.4. The van der Waals surface area contributed by atoms with Gasteiger partial charge in [0.25, 0.3) is 0 Å². The van der Waals surface area contributed by atoms with Crippen molar-refractivity contribution >= 4 is 0 Å². The Morgan fingerprint density at radius 1 is 1.25 bits per heavy atom. The summed E-state index contributed by atoms with van der Waals surface area (Å²) in [6.07, 6.45) is 3.06. The van der Waals surface area contributed by atoms with Gasteiger partial charge in [-0.1, -0.05) is 46.0 Å². The third kappa shape index (κ3) is 3.37. The fourth-order valence-corrected chi connectivity index (χ4v) is 1.92. The van der Waals surface area contributed by atoms with Crippen molar-refractivity contribution in [1.29, 1.82) is 0 Å². The minimum Gasteiger partial charge on any atom is -0.852 e. The summed E-state index contributed by atoms with van der Waals surface area (Å²) in [5.41, 5.74) is 0. The molecule has 0 aliphatic heterocycles. The first kappa shape index (κ1) is 13.0. The summed E-state index contributed by atoms with van der Waals surface area (Å²) in [7, 11) is 0. The topological polar surface area (TPSA) is 23.1 Å². The van der Waals surface area contributed by atoms with E-state index in [9.17, 15) is 5.11 Å². The fraction of sp³-hybridized carbons (Fsp3) is 1.00. The molecule has 0 heterocycles. The van der Waals surface area contributed by atoms with E-state index in [-0.39, 0.29) is 35.7 Å². The summed E-state index contributed by atoms with van der Waals surface area (Å²) in [4.78, 5) is 0. The van der Waals surface area contributed by atoms with Crippen LogP contribution in [0.1, 0.15) is 40.0 Å². The molecule has 0 saturated heterocycles. The van der Waals surface area contributed by atoms with Crippen molar-refractivity contribution < 1.29 is 34.7 Å². The maximum Gasteiger partial charge on any atom is 1.00 e. The maximum absolute atomic E-state index is 11.4. The van der Waals surface area contributed by atoms with Crippen LogP contribution in [0.3, 0.4) is 0 Å². The van der Waals surface area contributed by atoms with Gasteiger partial charge < -0.3 is 5.11 Å². The smallest absolute Gasteiger partial charge is 0.852 e. The third-order valence-corrected chi connectivity index (χ3v) is 3.11. The molecule has 1 fully saturated rings. The van der Waals surface area contributed by atoms with Gasteiger partial charge in [0.05, 0.1) is 0 Å². The second kappa shape index (κ2) is 5.64. The van der Waals surface area contributed by atoms with Crippen molar-refractivity contribution in [2.75, 3.05) is 0 Å². The van der Waals surface area contributed by atoms with Crippen LogP contribution in [-0.2, 0) is 0 Å². The van der Waals surface area contributed by atoms with Crippen molar-refractivity contribution in [2.45, 2.75) is 46.1 Å². The van der Waals surface area contributed by atoms with Gasteiger partial charge in [-0.25, -0.2) is 0 Å². The minimum atomic E-state index is -0.281. The van der Waals surface area contributed by atoms with Crippen LogP contribution in [0.25, 0.3) is 0 Å². The Morgan fingerprint density at radius 3 is 2.25 bits per heavy atom. The minimum absolute atomic E-state index is 0. The quantitative estimate of drug-likeness (QED) is 0.463. The van der Waals surface area contributed by atoms with Crippen LogP contribution in [0.2, 0.25) is 0 Å². The van der Waals surface area contributed by atoms with Gasteiger partial charge in [0, 0.05) is 0 Å². The SMILES string of the molecule is CC(C)C1CCC(C)C([O-])C1.[Na+]. The van der Waals surface area contributed by atoms with E-state index in [1.165, 1.54) is 6.42 Å². The van der Waals surface area contributed by atoms with Gasteiger partial charge in [-0.3, -0.25) is 0 Å². The molecule has 0 N–H and O–H groups in total. The maximum atomic E-state index is 11.4. The van der Waals surface area contributed by atoms with Crippen LogP contribution < -0.4 is 34.7 Å². The van der Waals surface area contributed by atoms with E-state index in [4.69, 9.17) is 0 Å². The van der Waals surface area contributed by atoms with Crippen LogP contribution in [0.5, 0.6) is 0 Å². The Hall–Kier alpha value is 0.960. The van der Waals surface area contributed by atoms with E-state index in [0.29, 0.717) is 17.8 Å². The Bertz CT molecular complexity index is 125. The second-order valence-corrected chi connectivity index (χ2v) is 4.33. The summed E-state index contributed by atoms with van der Waals surface area (Å²) in [6, 6.07) is 0. The first-order valence-electron chi connectivity index (χ1n) is 4.77. The molecule has 1 nitrogen and oxygen atoms in total. The molecule has 3 unspecified atom stereocenters. The van der Waals surface area contributed by atoms with E-state index in [1.807, 2.05) is 0 Å². The zero-order valence-electron chi connectivity index (χ0n) is 8.84. The Morgan fingerprint density at radius 2 is 1.83 bits per heavy atom. The van der Waals surface area contributed by atoms with Crippen LogP contribution in [0, 0.1) is 17.8 Å². The van der Waals surface area contributed by atoms with Gasteiger partial charge in [-0.2, -0.15) is 0 Å². The van der Waals surface area contributed by atoms with E-state index in [1.54, 1.807) is 0 Å². The van der Waals surface area contributed by atoms with Crippen molar-refractivity contribution in [3.8, 4) is 0 Å². The van der Waals surface area contributed by atoms with Gasteiger partial charge >= 0.3 is 29.6 Å². The van der Waals surface area contributed by atoms with Crippen molar-refractivity contribution in [3.05, 3.63) is 0 Å². The van der Waals surface area contributed by atoms with Crippen molar-refractivity contribution in [1.82, 2.24) is 0 Å². The van der Waals surface area contributed by atoms with E-state index < -0.39 is 0 Å². The molecule has 2 heteroatoms. The Labute approximate surface area is 98.2 Å². The third-order valence-electron chi connectivity index (χ3n) is 3.11. The van der Waals surface area contributed by atoms with Crippen LogP contribution >= 0.6 is 0 Å². The van der Waals surface area contributed by atoms with Crippen LogP contribution in [0.15, 0.2) is 0 Å². The molecular formula is C10H19NaO. The molecule has 1 aliphatic carbocycles. The molecule has 3 atom stereocenters. The molecule has 12 heavy (non-hydrogen) atoms. The van der Waals surface area contributed by atoms with Gasteiger partial charge in [0.2, 0.25) is 0 Å². The zero-order chi connectivity index (χ0) is 8.43. The molecule has 1 saturated carbocycles. The standard InChI is InChI=1S/C10H19O.Na/c1-7(2)9-5-4-8(3)10(11)6-9;/h7-10H,4-6H2,1-3H3;/q-1;+1. The van der Waals surface area contributed by atoms with Crippen LogP contribution in [-0.4, -0.2) is 6.10 Å². The summed E-state index contributed by atoms with van der Waals surface area (Å²) < 4.78 is 0. The van der Waals surface area contributed by atoms with Gasteiger partial charge in [-0.15, -0.1) is 6.10 Å². The zero-order valence-corrected chi connectivity index (χ0v) is 10.8. The monoisotopic (exact) mass is 178 g/mol. The molecule has 0 aromatic heterocycles. The van der Waals surface area contributed by atoms with E-state index in [2.05, 4.69) is 20.8 Å². The first-order valence-corrected chi connectivity index (χ1v) is 4.77. The average Bonchev–Trinajstić information content (AvgIpc) is 1.94. The van der Waals surface area contributed by atoms with Gasteiger partial charge in [-0.05, 0) is 11.8 Å². The molecule has 0 radical (unpaired) electrons. The molecule has 1 rings (SSSR count). The van der Waals surface area contributed by atoms with Crippen molar-refractivity contribution in [2.24, 2.45) is 17.8 Å². The average molecular weight is 178 g/mol. The first-order chi connectivity index (χ1) is 5.11. The predicted octanol–water partition coefficient (Wildman–Crippen LogP) is -1.19. The largest absolute Gasteiger partial charge is 1.00 e. The number of hydrogen-bond donors (Lipinski definition) is 0. The molecular weight excluding hydrogens is 159 g/mol. The van der Waals surface area contributed by atoms with E-state index in [0.717, 1.165) is 12.8 Å². The second-order valence-electron chi connectivity index (χ2n) is 4.33. The Balaban J connectivity index is 0.00000121. The molecule has 0 amide bonds. The summed E-state index contributed by atoms with van der Waals surface area (Å²) in [6.45, 7) is 6.55. The fourth-order valence-electron chi connectivity index (χ4n) is 1.92. The van der Waals surface area contributed by atoms with E-state index >= 15 is 0 Å². The molecule has 0 aromatic carbocycles. The summed E-state index contributed by atoms with van der Waals surface area (Å²) in [5.74, 6) is 1.83. The van der Waals surface area contributed by atoms with Crippen molar-refractivity contribution in [3.63, 3.8) is 0 Å². The molecule has 0 aromatic rings. The number of rotatable bonds is 1. The van der Waals surface area contributed by atoms with Crippen LogP contribution in [0.4, 0.5) is 0 Å². The number of hydrogen-bond acceptors (Lipinski definition) is 1. The molecule has 0 bridgehead atoms. The molecule has 0 spiro atoms. The Kier molecular flexibility index (Phi) is 6.09.